The molecule has 0 radical (unpaired) electrons. The molecule has 7 heteroatoms. The Balaban J connectivity index is 1.52. The molecule has 2 aromatic heterocycles. The summed E-state index contributed by atoms with van der Waals surface area (Å²) in [5.74, 6) is 1.35. The van der Waals surface area contributed by atoms with Crippen LogP contribution in [0.5, 0.6) is 0 Å². The first kappa shape index (κ1) is 21.3. The first-order valence-electron chi connectivity index (χ1n) is 10.0. The zero-order valence-corrected chi connectivity index (χ0v) is 18.9. The van der Waals surface area contributed by atoms with Crippen LogP contribution in [-0.2, 0) is 29.9 Å². The highest BCUT2D eigenvalue weighted by atomic mass is 32.2. The van der Waals surface area contributed by atoms with E-state index in [4.69, 9.17) is 4.74 Å². The van der Waals surface area contributed by atoms with Crippen molar-refractivity contribution in [2.75, 3.05) is 7.11 Å². The summed E-state index contributed by atoms with van der Waals surface area (Å²) in [4.78, 5) is 13.1. The third kappa shape index (κ3) is 5.62. The van der Waals surface area contributed by atoms with Crippen LogP contribution in [-0.4, -0.2) is 27.8 Å². The number of thiophene rings is 1. The second kappa shape index (κ2) is 10.4. The van der Waals surface area contributed by atoms with Gasteiger partial charge < -0.3 is 9.30 Å². The topological polar surface area (TPSA) is 57.0 Å². The summed E-state index contributed by atoms with van der Waals surface area (Å²) in [6.45, 7) is 0.822. The molecular formula is C24H23N3O2S2. The summed E-state index contributed by atoms with van der Waals surface area (Å²) >= 11 is 3.37. The van der Waals surface area contributed by atoms with Gasteiger partial charge in [0.25, 0.3) is 0 Å². The number of carbonyl (C=O) groups is 1. The monoisotopic (exact) mass is 449 g/mol. The molecule has 2 heterocycles. The summed E-state index contributed by atoms with van der Waals surface area (Å²) in [6, 6.07) is 22.2. The van der Waals surface area contributed by atoms with Crippen molar-refractivity contribution in [1.29, 1.82) is 0 Å². The standard InChI is InChI=1S/C24H23N3O2S2/c1-29-23(28)20-10-5-9-19(15-20)17-31-24-26-25-22(16-21-11-6-14-30-21)27(24)13-12-18-7-3-2-4-8-18/h2-11,14-15H,12-13,16-17H2,1H3. The van der Waals surface area contributed by atoms with Crippen LogP contribution in [0.3, 0.4) is 0 Å². The number of hydrogen-bond acceptors (Lipinski definition) is 6. The fraction of sp³-hybridized carbons (Fsp3) is 0.208. The number of benzene rings is 2. The minimum Gasteiger partial charge on any atom is -0.465 e. The molecule has 0 fully saturated rings. The molecule has 31 heavy (non-hydrogen) atoms. The largest absolute Gasteiger partial charge is 0.465 e. The molecule has 0 aliphatic heterocycles. The SMILES string of the molecule is COC(=O)c1cccc(CSc2nnc(Cc3cccs3)n2CCc2ccccc2)c1. The number of carbonyl (C=O) groups excluding carboxylic acids is 1. The number of nitrogens with zero attached hydrogens (tertiary/aromatic N) is 3. The molecule has 0 N–H and O–H groups in total. The van der Waals surface area contributed by atoms with Crippen LogP contribution >= 0.6 is 23.1 Å². The summed E-state index contributed by atoms with van der Waals surface area (Å²) < 4.78 is 7.05. The molecule has 0 saturated carbocycles. The van der Waals surface area contributed by atoms with E-state index in [0.717, 1.165) is 35.9 Å². The molecular weight excluding hydrogens is 426 g/mol. The predicted molar refractivity (Wildman–Crippen MR) is 125 cm³/mol. The van der Waals surface area contributed by atoms with Gasteiger partial charge in [0.1, 0.15) is 5.82 Å². The van der Waals surface area contributed by atoms with E-state index < -0.39 is 0 Å². The van der Waals surface area contributed by atoms with E-state index in [1.807, 2.05) is 24.3 Å². The van der Waals surface area contributed by atoms with Crippen molar-refractivity contribution >= 4 is 29.1 Å². The maximum absolute atomic E-state index is 11.8. The van der Waals surface area contributed by atoms with Gasteiger partial charge in [-0.2, -0.15) is 0 Å². The molecule has 4 aromatic rings. The van der Waals surface area contributed by atoms with E-state index in [1.165, 1.54) is 17.6 Å². The summed E-state index contributed by atoms with van der Waals surface area (Å²) in [5, 5.41) is 12.0. The number of aryl methyl sites for hydroxylation is 1. The number of methoxy groups -OCH3 is 1. The van der Waals surface area contributed by atoms with Gasteiger partial charge in [-0.1, -0.05) is 60.3 Å². The number of ether oxygens (including phenoxy) is 1. The molecule has 5 nitrogen and oxygen atoms in total. The van der Waals surface area contributed by atoms with Gasteiger partial charge in [0.05, 0.1) is 12.7 Å². The van der Waals surface area contributed by atoms with Crippen LogP contribution in [0.1, 0.15) is 32.2 Å². The van der Waals surface area contributed by atoms with Gasteiger partial charge in [0.2, 0.25) is 0 Å². The second-order valence-electron chi connectivity index (χ2n) is 7.02. The maximum Gasteiger partial charge on any atom is 0.337 e. The van der Waals surface area contributed by atoms with E-state index in [2.05, 4.69) is 56.5 Å². The van der Waals surface area contributed by atoms with Gasteiger partial charge in [-0.3, -0.25) is 0 Å². The fourth-order valence-corrected chi connectivity index (χ4v) is 4.92. The number of aromatic nitrogens is 3. The van der Waals surface area contributed by atoms with Crippen LogP contribution in [0.4, 0.5) is 0 Å². The van der Waals surface area contributed by atoms with Crippen LogP contribution in [0.2, 0.25) is 0 Å². The molecule has 0 aliphatic rings. The van der Waals surface area contributed by atoms with Crippen LogP contribution in [0.25, 0.3) is 0 Å². The summed E-state index contributed by atoms with van der Waals surface area (Å²) in [6.07, 6.45) is 1.69. The highest BCUT2D eigenvalue weighted by molar-refractivity contribution is 7.98. The highest BCUT2D eigenvalue weighted by Gasteiger charge is 2.14. The van der Waals surface area contributed by atoms with Crippen LogP contribution in [0, 0.1) is 0 Å². The third-order valence-electron chi connectivity index (χ3n) is 4.89. The molecule has 2 aromatic carbocycles. The highest BCUT2D eigenvalue weighted by Crippen LogP contribution is 2.25. The zero-order valence-electron chi connectivity index (χ0n) is 17.2. The maximum atomic E-state index is 11.8. The van der Waals surface area contributed by atoms with Crippen molar-refractivity contribution in [3.05, 3.63) is 99.5 Å². The number of thioether (sulfide) groups is 1. The van der Waals surface area contributed by atoms with Gasteiger partial charge >= 0.3 is 5.97 Å². The molecule has 0 aliphatic carbocycles. The van der Waals surface area contributed by atoms with E-state index in [0.29, 0.717) is 11.3 Å². The van der Waals surface area contributed by atoms with Crippen molar-refractivity contribution < 1.29 is 9.53 Å². The van der Waals surface area contributed by atoms with E-state index in [9.17, 15) is 4.79 Å². The Morgan fingerprint density at radius 2 is 1.87 bits per heavy atom. The van der Waals surface area contributed by atoms with Crippen molar-refractivity contribution in [1.82, 2.24) is 14.8 Å². The van der Waals surface area contributed by atoms with Crippen LogP contribution in [0.15, 0.2) is 77.3 Å². The van der Waals surface area contributed by atoms with Crippen molar-refractivity contribution in [2.24, 2.45) is 0 Å². The second-order valence-corrected chi connectivity index (χ2v) is 9.00. The number of rotatable bonds is 9. The zero-order chi connectivity index (χ0) is 21.5. The smallest absolute Gasteiger partial charge is 0.337 e. The molecule has 0 atom stereocenters. The van der Waals surface area contributed by atoms with Crippen molar-refractivity contribution in [3.63, 3.8) is 0 Å². The van der Waals surface area contributed by atoms with E-state index in [1.54, 1.807) is 29.2 Å². The molecule has 0 unspecified atom stereocenters. The first-order valence-corrected chi connectivity index (χ1v) is 11.9. The minimum absolute atomic E-state index is 0.323. The lowest BCUT2D eigenvalue weighted by Crippen LogP contribution is -2.08. The summed E-state index contributed by atoms with van der Waals surface area (Å²) in [5.41, 5.74) is 2.90. The van der Waals surface area contributed by atoms with Crippen LogP contribution < -0.4 is 0 Å². The molecule has 0 spiro atoms. The Bertz CT molecular complexity index is 1120. The van der Waals surface area contributed by atoms with Crippen molar-refractivity contribution in [2.45, 2.75) is 30.3 Å². The average molecular weight is 450 g/mol. The van der Waals surface area contributed by atoms with Gasteiger partial charge in [-0.15, -0.1) is 21.5 Å². The lowest BCUT2D eigenvalue weighted by atomic mass is 10.1. The van der Waals surface area contributed by atoms with Gasteiger partial charge in [0, 0.05) is 23.6 Å². The molecule has 0 amide bonds. The first-order chi connectivity index (χ1) is 15.2. The summed E-state index contributed by atoms with van der Waals surface area (Å²) in [7, 11) is 1.40. The van der Waals surface area contributed by atoms with Gasteiger partial charge in [0.15, 0.2) is 5.16 Å². The van der Waals surface area contributed by atoms with E-state index in [-0.39, 0.29) is 5.97 Å². The number of esters is 1. The molecule has 4 rings (SSSR count). The third-order valence-corrected chi connectivity index (χ3v) is 6.80. The minimum atomic E-state index is -0.323. The lowest BCUT2D eigenvalue weighted by molar-refractivity contribution is 0.0600. The lowest BCUT2D eigenvalue weighted by Gasteiger charge is -2.10. The average Bonchev–Trinajstić information content (AvgIpc) is 3.47. The van der Waals surface area contributed by atoms with E-state index >= 15 is 0 Å². The Morgan fingerprint density at radius 3 is 2.65 bits per heavy atom. The number of hydrogen-bond donors (Lipinski definition) is 0. The predicted octanol–water partition coefficient (Wildman–Crippen LogP) is 5.25. The normalized spacial score (nSPS) is 10.9. The Kier molecular flexibility index (Phi) is 7.17. The molecule has 0 bridgehead atoms. The Labute approximate surface area is 190 Å². The van der Waals surface area contributed by atoms with Gasteiger partial charge in [-0.05, 0) is 41.1 Å². The van der Waals surface area contributed by atoms with Gasteiger partial charge in [-0.25, -0.2) is 4.79 Å². The molecule has 0 saturated heterocycles. The van der Waals surface area contributed by atoms with Crippen molar-refractivity contribution in [3.8, 4) is 0 Å². The fourth-order valence-electron chi connectivity index (χ4n) is 3.29. The Morgan fingerprint density at radius 1 is 1.03 bits per heavy atom. The Hall–Kier alpha value is -2.90. The quantitative estimate of drug-likeness (QED) is 0.258. The molecule has 158 valence electrons.